The average Bonchev–Trinajstić information content (AvgIpc) is 2.95. The van der Waals surface area contributed by atoms with Crippen LogP contribution in [0.15, 0.2) is 5.38 Å². The van der Waals surface area contributed by atoms with Crippen LogP contribution >= 0.6 is 11.3 Å². The third-order valence-electron chi connectivity index (χ3n) is 3.44. The van der Waals surface area contributed by atoms with Crippen molar-refractivity contribution in [3.63, 3.8) is 0 Å². The van der Waals surface area contributed by atoms with Crippen molar-refractivity contribution in [2.75, 3.05) is 20.2 Å². The highest BCUT2D eigenvalue weighted by Crippen LogP contribution is 2.20. The zero-order valence-electron chi connectivity index (χ0n) is 11.5. The summed E-state index contributed by atoms with van der Waals surface area (Å²) >= 11 is 1.74. The maximum atomic E-state index is 5.61. The van der Waals surface area contributed by atoms with Crippen molar-refractivity contribution in [2.45, 2.75) is 45.5 Å². The minimum atomic E-state index is 0.342. The van der Waals surface area contributed by atoms with E-state index in [4.69, 9.17) is 4.74 Å². The molecule has 0 spiro atoms. The van der Waals surface area contributed by atoms with Crippen molar-refractivity contribution >= 4 is 11.3 Å². The summed E-state index contributed by atoms with van der Waals surface area (Å²) in [6.45, 7) is 7.95. The van der Waals surface area contributed by atoms with Crippen LogP contribution in [0, 0.1) is 0 Å². The fourth-order valence-electron chi connectivity index (χ4n) is 2.41. The van der Waals surface area contributed by atoms with E-state index in [-0.39, 0.29) is 0 Å². The predicted octanol–water partition coefficient (Wildman–Crippen LogP) is 1.86. The Morgan fingerprint density at radius 1 is 1.61 bits per heavy atom. The normalized spacial score (nSPS) is 24.0. The van der Waals surface area contributed by atoms with Crippen molar-refractivity contribution in [2.24, 2.45) is 0 Å². The number of likely N-dealkylation sites (N-methyl/N-ethyl adjacent to an activating group) is 1. The molecule has 1 N–H and O–H groups in total. The molecule has 1 aromatic heterocycles. The molecule has 0 saturated carbocycles. The van der Waals surface area contributed by atoms with Gasteiger partial charge in [0.1, 0.15) is 5.01 Å². The van der Waals surface area contributed by atoms with Gasteiger partial charge in [0.2, 0.25) is 0 Å². The van der Waals surface area contributed by atoms with Crippen molar-refractivity contribution < 1.29 is 4.74 Å². The number of nitrogens with one attached hydrogen (secondary N) is 1. The first-order valence-electron chi connectivity index (χ1n) is 6.66. The lowest BCUT2D eigenvalue weighted by Crippen LogP contribution is -2.36. The average molecular weight is 269 g/mol. The molecule has 1 saturated heterocycles. The summed E-state index contributed by atoms with van der Waals surface area (Å²) in [5.41, 5.74) is 1.18. The Labute approximate surface area is 113 Å². The van der Waals surface area contributed by atoms with Crippen LogP contribution in [-0.4, -0.2) is 42.2 Å². The van der Waals surface area contributed by atoms with E-state index in [0.717, 1.165) is 32.7 Å². The van der Waals surface area contributed by atoms with E-state index in [0.29, 0.717) is 12.1 Å². The molecule has 2 unspecified atom stereocenters. The molecule has 1 aliphatic rings. The maximum Gasteiger partial charge on any atom is 0.107 e. The van der Waals surface area contributed by atoms with Gasteiger partial charge in [-0.15, -0.1) is 11.3 Å². The molecule has 0 aliphatic carbocycles. The second-order valence-electron chi connectivity index (χ2n) is 4.86. The zero-order valence-corrected chi connectivity index (χ0v) is 12.3. The Kier molecular flexibility index (Phi) is 5.12. The molecule has 0 radical (unpaired) electrons. The summed E-state index contributed by atoms with van der Waals surface area (Å²) in [6.07, 6.45) is 1.47. The van der Waals surface area contributed by atoms with Crippen molar-refractivity contribution in [1.29, 1.82) is 0 Å². The summed E-state index contributed by atoms with van der Waals surface area (Å²) in [5, 5.41) is 6.65. The summed E-state index contributed by atoms with van der Waals surface area (Å²) in [4.78, 5) is 7.02. The lowest BCUT2D eigenvalue weighted by atomic mass is 10.1. The highest BCUT2D eigenvalue weighted by Gasteiger charge is 2.27. The first-order chi connectivity index (χ1) is 8.70. The standard InChI is InChI=1S/C13H23N3OS/c1-4-14-7-13-15-11(9-18-13)8-16(3)12-5-6-17-10(12)2/h9-10,12,14H,4-8H2,1-3H3. The number of thiazole rings is 1. The number of ether oxygens (including phenoxy) is 1. The smallest absolute Gasteiger partial charge is 0.107 e. The highest BCUT2D eigenvalue weighted by molar-refractivity contribution is 7.09. The predicted molar refractivity (Wildman–Crippen MR) is 74.8 cm³/mol. The van der Waals surface area contributed by atoms with E-state index in [2.05, 4.69) is 41.5 Å². The molecule has 0 aromatic carbocycles. The molecule has 1 aromatic rings. The molecule has 5 heteroatoms. The second kappa shape index (κ2) is 6.61. The fraction of sp³-hybridized carbons (Fsp3) is 0.769. The molecule has 4 nitrogen and oxygen atoms in total. The van der Waals surface area contributed by atoms with Crippen LogP contribution in [0.3, 0.4) is 0 Å². The van der Waals surface area contributed by atoms with Crippen LogP contribution in [0.1, 0.15) is 31.0 Å². The Balaban J connectivity index is 1.86. The van der Waals surface area contributed by atoms with Gasteiger partial charge in [-0.05, 0) is 26.9 Å². The topological polar surface area (TPSA) is 37.4 Å². The van der Waals surface area contributed by atoms with Gasteiger partial charge in [-0.1, -0.05) is 6.92 Å². The largest absolute Gasteiger partial charge is 0.377 e. The Morgan fingerprint density at radius 2 is 2.44 bits per heavy atom. The Hall–Kier alpha value is -0.490. The molecular formula is C13H23N3OS. The van der Waals surface area contributed by atoms with Gasteiger partial charge in [-0.2, -0.15) is 0 Å². The molecule has 2 heterocycles. The van der Waals surface area contributed by atoms with E-state index in [1.165, 1.54) is 10.7 Å². The fourth-order valence-corrected chi connectivity index (χ4v) is 3.16. The van der Waals surface area contributed by atoms with Crippen LogP contribution < -0.4 is 5.32 Å². The number of hydrogen-bond acceptors (Lipinski definition) is 5. The molecule has 0 bridgehead atoms. The van der Waals surface area contributed by atoms with Crippen molar-refractivity contribution in [3.05, 3.63) is 16.1 Å². The third kappa shape index (κ3) is 3.51. The third-order valence-corrected chi connectivity index (χ3v) is 4.34. The van der Waals surface area contributed by atoms with E-state index in [1.807, 2.05) is 0 Å². The van der Waals surface area contributed by atoms with Crippen LogP contribution in [0.2, 0.25) is 0 Å². The molecule has 0 amide bonds. The Bertz CT molecular complexity index is 369. The molecule has 1 fully saturated rings. The number of rotatable bonds is 6. The molecule has 2 rings (SSSR count). The van der Waals surface area contributed by atoms with Gasteiger partial charge in [-0.3, -0.25) is 4.90 Å². The van der Waals surface area contributed by atoms with Crippen molar-refractivity contribution in [1.82, 2.24) is 15.2 Å². The lowest BCUT2D eigenvalue weighted by Gasteiger charge is -2.25. The molecule has 1 aliphatic heterocycles. The molecule has 102 valence electrons. The maximum absolute atomic E-state index is 5.61. The summed E-state index contributed by atoms with van der Waals surface area (Å²) in [6, 6.07) is 0.531. The highest BCUT2D eigenvalue weighted by atomic mass is 32.1. The summed E-state index contributed by atoms with van der Waals surface area (Å²) < 4.78 is 5.61. The monoisotopic (exact) mass is 269 g/mol. The number of aromatic nitrogens is 1. The molecule has 2 atom stereocenters. The quantitative estimate of drug-likeness (QED) is 0.855. The minimum absolute atomic E-state index is 0.342. The minimum Gasteiger partial charge on any atom is -0.377 e. The van der Waals surface area contributed by atoms with Crippen molar-refractivity contribution in [3.8, 4) is 0 Å². The van der Waals surface area contributed by atoms with Crippen LogP contribution in [0.5, 0.6) is 0 Å². The van der Waals surface area contributed by atoms with Crippen LogP contribution in [0.4, 0.5) is 0 Å². The first kappa shape index (κ1) is 13.9. The Morgan fingerprint density at radius 3 is 3.11 bits per heavy atom. The van der Waals surface area contributed by atoms with E-state index in [1.54, 1.807) is 11.3 Å². The van der Waals surface area contributed by atoms with Crippen LogP contribution in [-0.2, 0) is 17.8 Å². The van der Waals surface area contributed by atoms with Gasteiger partial charge >= 0.3 is 0 Å². The molecular weight excluding hydrogens is 246 g/mol. The van der Waals surface area contributed by atoms with Gasteiger partial charge in [0.05, 0.1) is 11.8 Å². The van der Waals surface area contributed by atoms with E-state index < -0.39 is 0 Å². The zero-order chi connectivity index (χ0) is 13.0. The van der Waals surface area contributed by atoms with Gasteiger partial charge in [0.15, 0.2) is 0 Å². The molecule has 18 heavy (non-hydrogen) atoms. The van der Waals surface area contributed by atoms with Gasteiger partial charge in [0.25, 0.3) is 0 Å². The summed E-state index contributed by atoms with van der Waals surface area (Å²) in [5.74, 6) is 0. The first-order valence-corrected chi connectivity index (χ1v) is 7.54. The number of hydrogen-bond donors (Lipinski definition) is 1. The van der Waals surface area contributed by atoms with Gasteiger partial charge < -0.3 is 10.1 Å². The van der Waals surface area contributed by atoms with Gasteiger partial charge in [0, 0.05) is 31.1 Å². The van der Waals surface area contributed by atoms with Crippen LogP contribution in [0.25, 0.3) is 0 Å². The second-order valence-corrected chi connectivity index (χ2v) is 5.80. The number of nitrogens with zero attached hydrogens (tertiary/aromatic N) is 2. The van der Waals surface area contributed by atoms with Gasteiger partial charge in [-0.25, -0.2) is 4.98 Å². The van der Waals surface area contributed by atoms with E-state index >= 15 is 0 Å². The SMILES string of the molecule is CCNCc1nc(CN(C)C2CCOC2C)cs1. The summed E-state index contributed by atoms with van der Waals surface area (Å²) in [7, 11) is 2.17. The lowest BCUT2D eigenvalue weighted by molar-refractivity contribution is 0.0811. The van der Waals surface area contributed by atoms with E-state index in [9.17, 15) is 0 Å².